The summed E-state index contributed by atoms with van der Waals surface area (Å²) in [6.07, 6.45) is 0. The molecule has 0 saturated carbocycles. The molecule has 0 N–H and O–H groups in total. The molecule has 0 aliphatic heterocycles. The molecule has 8 rings (SSSR count). The summed E-state index contributed by atoms with van der Waals surface area (Å²) in [6, 6.07) is 46.9. The van der Waals surface area contributed by atoms with Gasteiger partial charge in [-0.1, -0.05) is 88.7 Å². The van der Waals surface area contributed by atoms with Crippen LogP contribution in [0.2, 0.25) is 0 Å². The van der Waals surface area contributed by atoms with E-state index >= 15 is 0 Å². The van der Waals surface area contributed by atoms with Gasteiger partial charge in [-0.3, -0.25) is 0 Å². The summed E-state index contributed by atoms with van der Waals surface area (Å²) in [6.45, 7) is 0. The van der Waals surface area contributed by atoms with E-state index in [1.54, 1.807) is 0 Å². The largest absolute Gasteiger partial charge is 0.135 e. The number of fused-ring (bicyclic) bond motifs is 6. The average molecular weight is 598 g/mol. The second-order valence-corrected chi connectivity index (χ2v) is 13.0. The number of hydrogen-bond acceptors (Lipinski definition) is 2. The monoisotopic (exact) mass is 596 g/mol. The molecule has 3 heteroatoms. The molecular formula is C36H21BrS2. The second-order valence-electron chi connectivity index (χ2n) is 9.92. The van der Waals surface area contributed by atoms with Crippen molar-refractivity contribution in [3.05, 3.63) is 132 Å². The van der Waals surface area contributed by atoms with Gasteiger partial charge in [-0.25, -0.2) is 0 Å². The number of benzene rings is 6. The van der Waals surface area contributed by atoms with E-state index < -0.39 is 0 Å². The molecule has 0 aliphatic rings. The summed E-state index contributed by atoms with van der Waals surface area (Å²) in [5.74, 6) is 0. The molecule has 0 unspecified atom stereocenters. The molecule has 0 aliphatic carbocycles. The summed E-state index contributed by atoms with van der Waals surface area (Å²) in [4.78, 5) is 0. The lowest BCUT2D eigenvalue weighted by Crippen LogP contribution is -1.86. The molecule has 8 aromatic rings. The molecule has 0 nitrogen and oxygen atoms in total. The lowest BCUT2D eigenvalue weighted by molar-refractivity contribution is 1.57. The Kier molecular flexibility index (Phi) is 5.44. The van der Waals surface area contributed by atoms with Crippen molar-refractivity contribution < 1.29 is 0 Å². The lowest BCUT2D eigenvalue weighted by Gasteiger charge is -2.12. The first-order valence-corrected chi connectivity index (χ1v) is 15.4. The summed E-state index contributed by atoms with van der Waals surface area (Å²) in [7, 11) is 0. The van der Waals surface area contributed by atoms with Crippen molar-refractivity contribution in [2.75, 3.05) is 0 Å². The van der Waals surface area contributed by atoms with Gasteiger partial charge in [0, 0.05) is 44.8 Å². The molecule has 0 fully saturated rings. The van der Waals surface area contributed by atoms with Crippen LogP contribution in [0.15, 0.2) is 132 Å². The lowest BCUT2D eigenvalue weighted by atomic mass is 9.93. The maximum atomic E-state index is 3.60. The Morgan fingerprint density at radius 3 is 1.26 bits per heavy atom. The standard InChI is InChI=1S/C36H21BrS2/c37-28-13-9-22(10-14-28)25-17-26(23-11-15-31-29-5-1-3-7-33(29)38-35(31)20-23)19-27(18-25)24-12-16-32-30-6-2-4-8-34(30)39-36(32)21-24/h1-21H. The van der Waals surface area contributed by atoms with Gasteiger partial charge in [-0.05, 0) is 88.0 Å². The fraction of sp³-hybridized carbons (Fsp3) is 0. The SMILES string of the molecule is Brc1ccc(-c2cc(-c3ccc4c(c3)sc3ccccc34)cc(-c3ccc4c(c3)sc3ccccc34)c2)cc1. The first kappa shape index (κ1) is 23.2. The molecule has 0 spiro atoms. The van der Waals surface area contributed by atoms with Crippen LogP contribution in [0.3, 0.4) is 0 Å². The van der Waals surface area contributed by atoms with E-state index in [0.717, 1.165) is 4.47 Å². The molecule has 0 bridgehead atoms. The quantitative estimate of drug-likeness (QED) is 0.190. The first-order valence-electron chi connectivity index (χ1n) is 12.9. The van der Waals surface area contributed by atoms with E-state index in [-0.39, 0.29) is 0 Å². The van der Waals surface area contributed by atoms with Gasteiger partial charge in [0.1, 0.15) is 0 Å². The van der Waals surface area contributed by atoms with Crippen molar-refractivity contribution in [3.63, 3.8) is 0 Å². The van der Waals surface area contributed by atoms with Gasteiger partial charge in [0.15, 0.2) is 0 Å². The Labute approximate surface area is 242 Å². The third-order valence-electron chi connectivity index (χ3n) is 7.53. The van der Waals surface area contributed by atoms with Crippen LogP contribution in [0.25, 0.3) is 73.7 Å². The zero-order chi connectivity index (χ0) is 25.9. The molecule has 6 aromatic carbocycles. The summed E-state index contributed by atoms with van der Waals surface area (Å²) in [5, 5.41) is 5.34. The zero-order valence-corrected chi connectivity index (χ0v) is 24.0. The second kappa shape index (κ2) is 9.17. The van der Waals surface area contributed by atoms with E-state index in [2.05, 4.69) is 143 Å². The van der Waals surface area contributed by atoms with Crippen molar-refractivity contribution >= 4 is 78.9 Å². The Morgan fingerprint density at radius 2 is 0.744 bits per heavy atom. The minimum Gasteiger partial charge on any atom is -0.135 e. The molecule has 39 heavy (non-hydrogen) atoms. The number of hydrogen-bond donors (Lipinski definition) is 0. The Balaban J connectivity index is 1.32. The topological polar surface area (TPSA) is 0 Å². The van der Waals surface area contributed by atoms with Gasteiger partial charge in [0.25, 0.3) is 0 Å². The maximum absolute atomic E-state index is 3.60. The van der Waals surface area contributed by atoms with Crippen molar-refractivity contribution in [3.8, 4) is 33.4 Å². The van der Waals surface area contributed by atoms with Crippen molar-refractivity contribution in [2.24, 2.45) is 0 Å². The highest BCUT2D eigenvalue weighted by molar-refractivity contribution is 9.10. The number of thiophene rings is 2. The van der Waals surface area contributed by atoms with E-state index in [1.165, 1.54) is 73.7 Å². The number of rotatable bonds is 3. The highest BCUT2D eigenvalue weighted by Crippen LogP contribution is 2.40. The third kappa shape index (κ3) is 4.01. The fourth-order valence-electron chi connectivity index (χ4n) is 5.58. The van der Waals surface area contributed by atoms with Crippen LogP contribution in [0.4, 0.5) is 0 Å². The molecule has 0 radical (unpaired) electrons. The molecule has 2 aromatic heterocycles. The van der Waals surface area contributed by atoms with E-state index in [1.807, 2.05) is 22.7 Å². The van der Waals surface area contributed by atoms with Gasteiger partial charge < -0.3 is 0 Å². The van der Waals surface area contributed by atoms with Crippen LogP contribution >= 0.6 is 38.6 Å². The average Bonchev–Trinajstić information content (AvgIpc) is 3.54. The van der Waals surface area contributed by atoms with Crippen LogP contribution < -0.4 is 0 Å². The van der Waals surface area contributed by atoms with Crippen molar-refractivity contribution in [2.45, 2.75) is 0 Å². The van der Waals surface area contributed by atoms with E-state index in [4.69, 9.17) is 0 Å². The summed E-state index contributed by atoms with van der Waals surface area (Å²) < 4.78 is 6.43. The molecule has 0 amide bonds. The number of halogens is 1. The van der Waals surface area contributed by atoms with Gasteiger partial charge >= 0.3 is 0 Å². The van der Waals surface area contributed by atoms with Crippen molar-refractivity contribution in [1.29, 1.82) is 0 Å². The fourth-order valence-corrected chi connectivity index (χ4v) is 8.14. The van der Waals surface area contributed by atoms with Gasteiger partial charge in [0.2, 0.25) is 0 Å². The van der Waals surface area contributed by atoms with Crippen LogP contribution in [0.1, 0.15) is 0 Å². The predicted molar refractivity (Wildman–Crippen MR) is 176 cm³/mol. The highest BCUT2D eigenvalue weighted by Gasteiger charge is 2.12. The van der Waals surface area contributed by atoms with Crippen LogP contribution in [-0.4, -0.2) is 0 Å². The Bertz CT molecular complexity index is 2050. The molecule has 0 saturated heterocycles. The normalized spacial score (nSPS) is 11.7. The molecule has 0 atom stereocenters. The summed E-state index contributed by atoms with van der Waals surface area (Å²) >= 11 is 7.34. The van der Waals surface area contributed by atoms with E-state index in [9.17, 15) is 0 Å². The Morgan fingerprint density at radius 1 is 0.333 bits per heavy atom. The maximum Gasteiger partial charge on any atom is 0.0361 e. The van der Waals surface area contributed by atoms with Crippen LogP contribution in [0, 0.1) is 0 Å². The smallest absolute Gasteiger partial charge is 0.0361 e. The highest BCUT2D eigenvalue weighted by atomic mass is 79.9. The zero-order valence-electron chi connectivity index (χ0n) is 20.8. The Hall–Kier alpha value is -3.76. The van der Waals surface area contributed by atoms with Gasteiger partial charge in [-0.2, -0.15) is 0 Å². The van der Waals surface area contributed by atoms with Gasteiger partial charge in [-0.15, -0.1) is 22.7 Å². The van der Waals surface area contributed by atoms with Crippen LogP contribution in [-0.2, 0) is 0 Å². The molecular weight excluding hydrogens is 576 g/mol. The first-order chi connectivity index (χ1) is 19.2. The molecule has 184 valence electrons. The van der Waals surface area contributed by atoms with Crippen LogP contribution in [0.5, 0.6) is 0 Å². The third-order valence-corrected chi connectivity index (χ3v) is 10.3. The predicted octanol–water partition coefficient (Wildman–Crippen LogP) is 12.2. The van der Waals surface area contributed by atoms with Crippen molar-refractivity contribution in [1.82, 2.24) is 0 Å². The minimum atomic E-state index is 1.09. The summed E-state index contributed by atoms with van der Waals surface area (Å²) in [5.41, 5.74) is 7.41. The molecule has 2 heterocycles. The van der Waals surface area contributed by atoms with E-state index in [0.29, 0.717) is 0 Å². The minimum absolute atomic E-state index is 1.09. The van der Waals surface area contributed by atoms with Gasteiger partial charge in [0.05, 0.1) is 0 Å².